The standard InChI is InChI=1S/C19H22N2O4S/c1-3-14(2)21-12-15-11-16(9-10-18(15)25-13-19(21)22)20-26(23,24)17-7-5-4-6-8-17/h4-11,14,20H,3,12-13H2,1-2H3/t14-/m1/s1. The van der Waals surface area contributed by atoms with E-state index in [1.54, 1.807) is 41.3 Å². The van der Waals surface area contributed by atoms with Gasteiger partial charge in [0.15, 0.2) is 6.61 Å². The van der Waals surface area contributed by atoms with E-state index in [2.05, 4.69) is 4.72 Å². The van der Waals surface area contributed by atoms with E-state index in [-0.39, 0.29) is 23.5 Å². The number of amides is 1. The van der Waals surface area contributed by atoms with E-state index in [0.29, 0.717) is 18.0 Å². The van der Waals surface area contributed by atoms with Crippen molar-refractivity contribution in [3.63, 3.8) is 0 Å². The number of hydrogen-bond acceptors (Lipinski definition) is 4. The van der Waals surface area contributed by atoms with Crippen LogP contribution < -0.4 is 9.46 Å². The van der Waals surface area contributed by atoms with E-state index in [1.807, 2.05) is 13.8 Å². The second-order valence-electron chi connectivity index (χ2n) is 6.31. The Morgan fingerprint density at radius 3 is 2.62 bits per heavy atom. The van der Waals surface area contributed by atoms with Crippen LogP contribution in [0.1, 0.15) is 25.8 Å². The number of nitrogens with zero attached hydrogens (tertiary/aromatic N) is 1. The molecule has 0 unspecified atom stereocenters. The Hall–Kier alpha value is -2.54. The Morgan fingerprint density at radius 2 is 1.92 bits per heavy atom. The molecule has 138 valence electrons. The first-order chi connectivity index (χ1) is 12.4. The third kappa shape index (κ3) is 3.83. The SMILES string of the molecule is CC[C@@H](C)N1Cc2cc(NS(=O)(=O)c3ccccc3)ccc2OCC1=O. The zero-order valence-corrected chi connectivity index (χ0v) is 15.6. The van der Waals surface area contributed by atoms with Crippen LogP contribution in [0.5, 0.6) is 5.75 Å². The van der Waals surface area contributed by atoms with Gasteiger partial charge in [-0.05, 0) is 43.7 Å². The quantitative estimate of drug-likeness (QED) is 0.873. The Labute approximate surface area is 153 Å². The molecule has 1 amide bonds. The number of hydrogen-bond donors (Lipinski definition) is 1. The predicted molar refractivity (Wildman–Crippen MR) is 99.5 cm³/mol. The molecule has 26 heavy (non-hydrogen) atoms. The predicted octanol–water partition coefficient (Wildman–Crippen LogP) is 3.01. The van der Waals surface area contributed by atoms with Gasteiger partial charge >= 0.3 is 0 Å². The molecule has 0 spiro atoms. The fourth-order valence-corrected chi connectivity index (χ4v) is 3.91. The van der Waals surface area contributed by atoms with Crippen molar-refractivity contribution in [2.75, 3.05) is 11.3 Å². The number of fused-ring (bicyclic) bond motifs is 1. The van der Waals surface area contributed by atoms with E-state index < -0.39 is 10.0 Å². The van der Waals surface area contributed by atoms with Gasteiger partial charge in [0.2, 0.25) is 0 Å². The van der Waals surface area contributed by atoms with Crippen LogP contribution in [-0.4, -0.2) is 31.9 Å². The van der Waals surface area contributed by atoms with Crippen molar-refractivity contribution in [3.05, 3.63) is 54.1 Å². The van der Waals surface area contributed by atoms with Gasteiger partial charge in [0.25, 0.3) is 15.9 Å². The molecule has 1 heterocycles. The average molecular weight is 374 g/mol. The Morgan fingerprint density at radius 1 is 1.19 bits per heavy atom. The number of ether oxygens (including phenoxy) is 1. The topological polar surface area (TPSA) is 75.7 Å². The van der Waals surface area contributed by atoms with Crippen molar-refractivity contribution in [1.29, 1.82) is 0 Å². The van der Waals surface area contributed by atoms with E-state index in [0.717, 1.165) is 12.0 Å². The maximum absolute atomic E-state index is 12.5. The fourth-order valence-electron chi connectivity index (χ4n) is 2.84. The normalized spacial score (nSPS) is 15.6. The molecule has 0 aliphatic carbocycles. The first-order valence-corrected chi connectivity index (χ1v) is 10.0. The minimum Gasteiger partial charge on any atom is -0.483 e. The molecule has 0 aromatic heterocycles. The lowest BCUT2D eigenvalue weighted by Crippen LogP contribution is -2.39. The molecule has 1 N–H and O–H groups in total. The molecule has 0 saturated heterocycles. The molecule has 1 aliphatic heterocycles. The van der Waals surface area contributed by atoms with Crippen LogP contribution in [0.4, 0.5) is 5.69 Å². The van der Waals surface area contributed by atoms with Gasteiger partial charge < -0.3 is 9.64 Å². The second-order valence-corrected chi connectivity index (χ2v) is 7.99. The first-order valence-electron chi connectivity index (χ1n) is 8.54. The van der Waals surface area contributed by atoms with Crippen molar-refractivity contribution in [2.45, 2.75) is 37.8 Å². The van der Waals surface area contributed by atoms with E-state index in [1.165, 1.54) is 12.1 Å². The number of sulfonamides is 1. The largest absolute Gasteiger partial charge is 0.483 e. The van der Waals surface area contributed by atoms with Crippen molar-refractivity contribution in [3.8, 4) is 5.75 Å². The smallest absolute Gasteiger partial charge is 0.261 e. The molecule has 0 fully saturated rings. The second kappa shape index (κ2) is 7.37. The molecule has 1 atom stereocenters. The molecule has 7 heteroatoms. The molecule has 0 radical (unpaired) electrons. The van der Waals surface area contributed by atoms with Crippen LogP contribution in [0.15, 0.2) is 53.4 Å². The third-order valence-corrected chi connectivity index (χ3v) is 5.90. The van der Waals surface area contributed by atoms with Gasteiger partial charge in [-0.3, -0.25) is 9.52 Å². The summed E-state index contributed by atoms with van der Waals surface area (Å²) in [5, 5.41) is 0. The Balaban J connectivity index is 1.88. The summed E-state index contributed by atoms with van der Waals surface area (Å²) in [6, 6.07) is 13.3. The highest BCUT2D eigenvalue weighted by Crippen LogP contribution is 2.29. The molecule has 0 saturated carbocycles. The molecular weight excluding hydrogens is 352 g/mol. The van der Waals surface area contributed by atoms with E-state index in [9.17, 15) is 13.2 Å². The van der Waals surface area contributed by atoms with Crippen LogP contribution >= 0.6 is 0 Å². The van der Waals surface area contributed by atoms with Gasteiger partial charge in [-0.25, -0.2) is 8.42 Å². The minimum absolute atomic E-state index is 0.00751. The van der Waals surface area contributed by atoms with E-state index in [4.69, 9.17) is 4.74 Å². The van der Waals surface area contributed by atoms with Gasteiger partial charge in [-0.15, -0.1) is 0 Å². The van der Waals surface area contributed by atoms with Crippen molar-refractivity contribution < 1.29 is 17.9 Å². The lowest BCUT2D eigenvalue weighted by atomic mass is 10.1. The highest BCUT2D eigenvalue weighted by atomic mass is 32.2. The number of rotatable bonds is 5. The van der Waals surface area contributed by atoms with Crippen LogP contribution in [-0.2, 0) is 21.4 Å². The van der Waals surface area contributed by atoms with Crippen LogP contribution in [0, 0.1) is 0 Å². The molecule has 6 nitrogen and oxygen atoms in total. The van der Waals surface area contributed by atoms with Gasteiger partial charge in [0, 0.05) is 23.8 Å². The summed E-state index contributed by atoms with van der Waals surface area (Å²) in [4.78, 5) is 14.2. The molecule has 0 bridgehead atoms. The summed E-state index contributed by atoms with van der Waals surface area (Å²) in [6.45, 7) is 4.40. The molecule has 3 rings (SSSR count). The Kier molecular flexibility index (Phi) is 5.18. The van der Waals surface area contributed by atoms with Gasteiger partial charge in [-0.1, -0.05) is 25.1 Å². The van der Waals surface area contributed by atoms with Crippen LogP contribution in [0.2, 0.25) is 0 Å². The maximum Gasteiger partial charge on any atom is 0.261 e. The number of nitrogens with one attached hydrogen (secondary N) is 1. The maximum atomic E-state index is 12.5. The molecule has 1 aliphatic rings. The monoisotopic (exact) mass is 374 g/mol. The van der Waals surface area contributed by atoms with Gasteiger partial charge in [0.05, 0.1) is 4.90 Å². The summed E-state index contributed by atoms with van der Waals surface area (Å²) in [5.74, 6) is 0.536. The van der Waals surface area contributed by atoms with Gasteiger partial charge in [-0.2, -0.15) is 0 Å². The highest BCUT2D eigenvalue weighted by molar-refractivity contribution is 7.92. The summed E-state index contributed by atoms with van der Waals surface area (Å²) in [7, 11) is -3.67. The summed E-state index contributed by atoms with van der Waals surface area (Å²) in [5.41, 5.74) is 1.22. The zero-order chi connectivity index (χ0) is 18.7. The number of benzene rings is 2. The van der Waals surface area contributed by atoms with Crippen molar-refractivity contribution in [1.82, 2.24) is 4.90 Å². The molecule has 2 aromatic carbocycles. The summed E-state index contributed by atoms with van der Waals surface area (Å²) >= 11 is 0. The summed E-state index contributed by atoms with van der Waals surface area (Å²) in [6.07, 6.45) is 0.835. The van der Waals surface area contributed by atoms with Gasteiger partial charge in [0.1, 0.15) is 5.75 Å². The van der Waals surface area contributed by atoms with Crippen molar-refractivity contribution >= 4 is 21.6 Å². The van der Waals surface area contributed by atoms with Crippen molar-refractivity contribution in [2.24, 2.45) is 0 Å². The number of carbonyl (C=O) groups excluding carboxylic acids is 1. The van der Waals surface area contributed by atoms with Crippen LogP contribution in [0.3, 0.4) is 0 Å². The fraction of sp³-hybridized carbons (Fsp3) is 0.316. The third-order valence-electron chi connectivity index (χ3n) is 4.50. The minimum atomic E-state index is -3.67. The average Bonchev–Trinajstić information content (AvgIpc) is 2.80. The first kappa shape index (κ1) is 18.3. The van der Waals surface area contributed by atoms with Crippen LogP contribution in [0.25, 0.3) is 0 Å². The zero-order valence-electron chi connectivity index (χ0n) is 14.8. The molecular formula is C19H22N2O4S. The lowest BCUT2D eigenvalue weighted by Gasteiger charge is -2.26. The number of anilines is 1. The lowest BCUT2D eigenvalue weighted by molar-refractivity contribution is -0.135. The molecule has 2 aromatic rings. The summed E-state index contributed by atoms with van der Waals surface area (Å²) < 4.78 is 33.2. The van der Waals surface area contributed by atoms with E-state index >= 15 is 0 Å². The highest BCUT2D eigenvalue weighted by Gasteiger charge is 2.25. The number of carbonyl (C=O) groups is 1. The Bertz CT molecular complexity index is 897.